The molecule has 0 aliphatic heterocycles. The summed E-state index contributed by atoms with van der Waals surface area (Å²) in [5.41, 5.74) is -4.65. The highest BCUT2D eigenvalue weighted by Gasteiger charge is 2.40. The zero-order valence-electron chi connectivity index (χ0n) is 14.5. The van der Waals surface area contributed by atoms with E-state index in [-0.39, 0.29) is 0 Å². The Bertz CT molecular complexity index is 966. The second kappa shape index (κ2) is 8.41. The fourth-order valence-electron chi connectivity index (χ4n) is 2.43. The topological polar surface area (TPSA) is 65.3 Å². The number of rotatable bonds is 5. The highest BCUT2D eigenvalue weighted by Crippen LogP contribution is 2.31. The molecule has 29 heavy (non-hydrogen) atoms. The largest absolute Gasteiger partial charge is 0.429 e. The zero-order chi connectivity index (χ0) is 21.9. The minimum absolute atomic E-state index is 0.343. The van der Waals surface area contributed by atoms with E-state index in [2.05, 4.69) is 4.99 Å². The Morgan fingerprint density at radius 1 is 1.07 bits per heavy atom. The molecule has 1 atom stereocenters. The Morgan fingerprint density at radius 3 is 2.17 bits per heavy atom. The summed E-state index contributed by atoms with van der Waals surface area (Å²) in [6.07, 6.45) is -4.51. The summed E-state index contributed by atoms with van der Waals surface area (Å²) in [4.78, 5) is 15.3. The lowest BCUT2D eigenvalue weighted by molar-refractivity contribution is -0.0612. The van der Waals surface area contributed by atoms with E-state index in [0.29, 0.717) is 18.3 Å². The molecule has 2 aromatic rings. The van der Waals surface area contributed by atoms with Crippen molar-refractivity contribution in [3.63, 3.8) is 0 Å². The standard InChI is InChI=1S/C18H12F7N3O/c1-27-7-9(16(26)18(23,24)25)8-5-13(22)14(6-12(8)21)28-17(29)15-10(19)3-2-4-11(15)20/h2-7,9,26H,1H3,(H,28,29). The van der Waals surface area contributed by atoms with E-state index in [1.165, 1.54) is 0 Å². The first-order valence-corrected chi connectivity index (χ1v) is 7.79. The minimum atomic E-state index is -5.12. The second-order valence-electron chi connectivity index (χ2n) is 5.70. The van der Waals surface area contributed by atoms with Crippen molar-refractivity contribution in [1.29, 1.82) is 5.41 Å². The van der Waals surface area contributed by atoms with Crippen LogP contribution in [0.15, 0.2) is 35.3 Å². The normalized spacial score (nSPS) is 12.8. The van der Waals surface area contributed by atoms with Gasteiger partial charge in [0.1, 0.15) is 34.5 Å². The summed E-state index contributed by atoms with van der Waals surface area (Å²) in [6, 6.07) is 3.23. The van der Waals surface area contributed by atoms with Gasteiger partial charge in [-0.2, -0.15) is 13.2 Å². The molecule has 0 heterocycles. The summed E-state index contributed by atoms with van der Waals surface area (Å²) in [6.45, 7) is 0. The van der Waals surface area contributed by atoms with Gasteiger partial charge in [-0.15, -0.1) is 0 Å². The molecule has 4 nitrogen and oxygen atoms in total. The molecule has 0 aromatic heterocycles. The van der Waals surface area contributed by atoms with Crippen molar-refractivity contribution in [2.24, 2.45) is 4.99 Å². The van der Waals surface area contributed by atoms with Crippen LogP contribution in [0.4, 0.5) is 36.4 Å². The van der Waals surface area contributed by atoms with Crippen molar-refractivity contribution in [3.8, 4) is 0 Å². The van der Waals surface area contributed by atoms with E-state index in [1.54, 1.807) is 5.32 Å². The summed E-state index contributed by atoms with van der Waals surface area (Å²) in [5, 5.41) is 8.94. The number of nitrogens with zero attached hydrogens (tertiary/aromatic N) is 1. The van der Waals surface area contributed by atoms with Crippen LogP contribution in [0, 0.1) is 28.7 Å². The number of amides is 1. The van der Waals surface area contributed by atoms with E-state index >= 15 is 0 Å². The van der Waals surface area contributed by atoms with Crippen molar-refractivity contribution < 1.29 is 35.5 Å². The highest BCUT2D eigenvalue weighted by molar-refractivity contribution is 6.06. The van der Waals surface area contributed by atoms with Gasteiger partial charge in [-0.05, 0) is 18.2 Å². The third-order valence-electron chi connectivity index (χ3n) is 3.77. The van der Waals surface area contributed by atoms with Gasteiger partial charge < -0.3 is 5.32 Å². The minimum Gasteiger partial charge on any atom is -0.319 e. The van der Waals surface area contributed by atoms with Crippen molar-refractivity contribution in [2.45, 2.75) is 12.1 Å². The van der Waals surface area contributed by atoms with E-state index in [9.17, 15) is 35.5 Å². The first-order valence-electron chi connectivity index (χ1n) is 7.79. The Labute approximate surface area is 159 Å². The van der Waals surface area contributed by atoms with Crippen LogP contribution in [0.25, 0.3) is 0 Å². The van der Waals surface area contributed by atoms with E-state index in [1.807, 2.05) is 0 Å². The number of hydrogen-bond donors (Lipinski definition) is 2. The number of halogens is 7. The molecule has 0 aliphatic carbocycles. The summed E-state index contributed by atoms with van der Waals surface area (Å²) >= 11 is 0. The molecule has 0 spiro atoms. The van der Waals surface area contributed by atoms with Crippen LogP contribution in [-0.4, -0.2) is 31.1 Å². The summed E-state index contributed by atoms with van der Waals surface area (Å²) in [7, 11) is 1.09. The molecule has 0 saturated heterocycles. The van der Waals surface area contributed by atoms with Crippen LogP contribution < -0.4 is 5.32 Å². The Morgan fingerprint density at radius 2 is 1.66 bits per heavy atom. The number of hydrogen-bond acceptors (Lipinski definition) is 3. The predicted octanol–water partition coefficient (Wildman–Crippen LogP) is 4.86. The van der Waals surface area contributed by atoms with Crippen LogP contribution in [0.1, 0.15) is 21.8 Å². The number of anilines is 1. The number of alkyl halides is 3. The Hall–Kier alpha value is -3.24. The molecule has 11 heteroatoms. The lowest BCUT2D eigenvalue weighted by Crippen LogP contribution is -2.30. The van der Waals surface area contributed by atoms with Crippen LogP contribution in [0.3, 0.4) is 0 Å². The SMILES string of the molecule is CN=CC(C(=N)C(F)(F)F)c1cc(F)c(NC(=O)c2c(F)cccc2F)cc1F. The molecule has 1 amide bonds. The maximum atomic E-state index is 14.4. The van der Waals surface area contributed by atoms with Gasteiger partial charge in [-0.1, -0.05) is 6.07 Å². The van der Waals surface area contributed by atoms with E-state index < -0.39 is 63.8 Å². The molecule has 0 fully saturated rings. The summed E-state index contributed by atoms with van der Waals surface area (Å²) < 4.78 is 94.4. The molecular formula is C18H12F7N3O. The third kappa shape index (κ3) is 4.79. The molecule has 0 radical (unpaired) electrons. The fraction of sp³-hybridized carbons (Fsp3) is 0.167. The highest BCUT2D eigenvalue weighted by atomic mass is 19.4. The van der Waals surface area contributed by atoms with Gasteiger partial charge in [0, 0.05) is 24.9 Å². The second-order valence-corrected chi connectivity index (χ2v) is 5.70. The Kier molecular flexibility index (Phi) is 6.40. The van der Waals surface area contributed by atoms with Gasteiger partial charge in [-0.25, -0.2) is 17.6 Å². The van der Waals surface area contributed by atoms with Crippen molar-refractivity contribution in [1.82, 2.24) is 0 Å². The number of carbonyl (C=O) groups excluding carboxylic acids is 1. The molecule has 2 rings (SSSR count). The van der Waals surface area contributed by atoms with Gasteiger partial charge in [0.15, 0.2) is 0 Å². The third-order valence-corrected chi connectivity index (χ3v) is 3.77. The molecule has 0 aliphatic rings. The number of aliphatic imine (C=N–C) groups is 1. The van der Waals surface area contributed by atoms with Crippen LogP contribution >= 0.6 is 0 Å². The van der Waals surface area contributed by atoms with Crippen LogP contribution in [-0.2, 0) is 0 Å². The Balaban J connectivity index is 2.43. The molecule has 2 aromatic carbocycles. The average Bonchev–Trinajstić information content (AvgIpc) is 2.61. The monoisotopic (exact) mass is 419 g/mol. The molecule has 2 N–H and O–H groups in total. The lowest BCUT2D eigenvalue weighted by Gasteiger charge is -2.18. The van der Waals surface area contributed by atoms with E-state index in [0.717, 1.165) is 25.2 Å². The molecular weight excluding hydrogens is 407 g/mol. The number of benzene rings is 2. The molecule has 1 unspecified atom stereocenters. The van der Waals surface area contributed by atoms with Crippen molar-refractivity contribution in [3.05, 3.63) is 64.7 Å². The molecule has 154 valence electrons. The zero-order valence-corrected chi connectivity index (χ0v) is 14.5. The average molecular weight is 419 g/mol. The molecule has 0 saturated carbocycles. The maximum Gasteiger partial charge on any atom is 0.429 e. The van der Waals surface area contributed by atoms with Crippen LogP contribution in [0.2, 0.25) is 0 Å². The smallest absolute Gasteiger partial charge is 0.319 e. The number of carbonyl (C=O) groups is 1. The van der Waals surface area contributed by atoms with Crippen molar-refractivity contribution >= 4 is 23.5 Å². The lowest BCUT2D eigenvalue weighted by atomic mass is 9.93. The van der Waals surface area contributed by atoms with Gasteiger partial charge in [0.25, 0.3) is 5.91 Å². The molecule has 0 bridgehead atoms. The fourth-order valence-corrected chi connectivity index (χ4v) is 2.43. The van der Waals surface area contributed by atoms with Gasteiger partial charge >= 0.3 is 6.18 Å². The predicted molar refractivity (Wildman–Crippen MR) is 91.6 cm³/mol. The maximum absolute atomic E-state index is 14.4. The first kappa shape index (κ1) is 22.1. The first-order chi connectivity index (χ1) is 13.5. The van der Waals surface area contributed by atoms with Crippen LogP contribution in [0.5, 0.6) is 0 Å². The van der Waals surface area contributed by atoms with E-state index in [4.69, 9.17) is 5.41 Å². The number of nitrogens with one attached hydrogen (secondary N) is 2. The van der Waals surface area contributed by atoms with Gasteiger partial charge in [-0.3, -0.25) is 15.2 Å². The van der Waals surface area contributed by atoms with Gasteiger partial charge in [0.2, 0.25) is 0 Å². The quantitative estimate of drug-likeness (QED) is 0.528. The summed E-state index contributed by atoms with van der Waals surface area (Å²) in [5.74, 6) is -8.74. The van der Waals surface area contributed by atoms with Crippen molar-refractivity contribution in [2.75, 3.05) is 12.4 Å². The van der Waals surface area contributed by atoms with Gasteiger partial charge in [0.05, 0.1) is 11.6 Å².